The second-order valence-electron chi connectivity index (χ2n) is 6.86. The van der Waals surface area contributed by atoms with Gasteiger partial charge in [-0.1, -0.05) is 52.0 Å². The molecule has 1 atom stereocenters. The minimum Gasteiger partial charge on any atom is -0.333 e. The maximum atomic E-state index is 5.97. The first-order chi connectivity index (χ1) is 9.88. The normalized spacial score (nSPS) is 13.4. The molecule has 3 nitrogen and oxygen atoms in total. The summed E-state index contributed by atoms with van der Waals surface area (Å²) in [5.74, 6) is 0. The Morgan fingerprint density at radius 1 is 1.19 bits per heavy atom. The van der Waals surface area contributed by atoms with Gasteiger partial charge in [-0.25, -0.2) is 4.98 Å². The molecule has 0 saturated heterocycles. The van der Waals surface area contributed by atoms with Gasteiger partial charge in [0.25, 0.3) is 0 Å². The van der Waals surface area contributed by atoms with Crippen LogP contribution in [-0.2, 0) is 18.4 Å². The third kappa shape index (κ3) is 4.43. The summed E-state index contributed by atoms with van der Waals surface area (Å²) < 4.78 is 2.13. The van der Waals surface area contributed by atoms with Crippen molar-refractivity contribution in [3.8, 4) is 0 Å². The predicted molar refractivity (Wildman–Crippen MR) is 88.4 cm³/mol. The Morgan fingerprint density at radius 2 is 1.86 bits per heavy atom. The number of benzene rings is 1. The Labute approximate surface area is 128 Å². The number of nitrogens with zero attached hydrogens (tertiary/aromatic N) is 2. The van der Waals surface area contributed by atoms with E-state index in [9.17, 15) is 0 Å². The van der Waals surface area contributed by atoms with Crippen molar-refractivity contribution in [3.63, 3.8) is 0 Å². The largest absolute Gasteiger partial charge is 0.333 e. The van der Waals surface area contributed by atoms with Crippen molar-refractivity contribution in [2.75, 3.05) is 0 Å². The molecule has 0 aliphatic carbocycles. The third-order valence-electron chi connectivity index (χ3n) is 3.87. The lowest BCUT2D eigenvalue weighted by Gasteiger charge is -2.19. The van der Waals surface area contributed by atoms with Gasteiger partial charge in [0.2, 0.25) is 0 Å². The average molecular weight is 285 g/mol. The monoisotopic (exact) mass is 285 g/mol. The fourth-order valence-corrected chi connectivity index (χ4v) is 2.33. The Balaban J connectivity index is 2.02. The second-order valence-corrected chi connectivity index (χ2v) is 6.86. The van der Waals surface area contributed by atoms with E-state index in [1.54, 1.807) is 0 Å². The quantitative estimate of drug-likeness (QED) is 0.913. The average Bonchev–Trinajstić information content (AvgIpc) is 2.85. The zero-order valence-electron chi connectivity index (χ0n) is 13.6. The van der Waals surface area contributed by atoms with Crippen molar-refractivity contribution in [3.05, 3.63) is 53.6 Å². The fourth-order valence-electron chi connectivity index (χ4n) is 2.33. The highest BCUT2D eigenvalue weighted by Crippen LogP contribution is 2.22. The van der Waals surface area contributed by atoms with Gasteiger partial charge in [-0.05, 0) is 23.0 Å². The van der Waals surface area contributed by atoms with Crippen LogP contribution in [0.1, 0.15) is 50.9 Å². The number of hydrogen-bond donors (Lipinski definition) is 1. The molecule has 0 bridgehead atoms. The molecule has 0 aliphatic rings. The summed E-state index contributed by atoms with van der Waals surface area (Å²) in [6.07, 6.45) is 5.84. The van der Waals surface area contributed by atoms with Crippen molar-refractivity contribution in [1.82, 2.24) is 9.55 Å². The van der Waals surface area contributed by atoms with E-state index in [-0.39, 0.29) is 11.5 Å². The van der Waals surface area contributed by atoms with Gasteiger partial charge < -0.3 is 10.3 Å². The zero-order chi connectivity index (χ0) is 15.5. The van der Waals surface area contributed by atoms with Gasteiger partial charge in [-0.2, -0.15) is 0 Å². The SMILES string of the molecule is CCC(N)Cc1cn(Cc2ccc(C(C)(C)C)cc2)cn1. The van der Waals surface area contributed by atoms with Gasteiger partial charge in [0.1, 0.15) is 0 Å². The molecule has 1 aromatic carbocycles. The molecular weight excluding hydrogens is 258 g/mol. The third-order valence-corrected chi connectivity index (χ3v) is 3.87. The summed E-state index contributed by atoms with van der Waals surface area (Å²) in [5, 5.41) is 0. The first-order valence-electron chi connectivity index (χ1n) is 7.74. The van der Waals surface area contributed by atoms with Crippen LogP contribution in [0.2, 0.25) is 0 Å². The molecule has 2 aromatic rings. The highest BCUT2D eigenvalue weighted by molar-refractivity contribution is 5.27. The lowest BCUT2D eigenvalue weighted by atomic mass is 9.87. The molecule has 0 spiro atoms. The number of nitrogens with two attached hydrogens (primary N) is 1. The van der Waals surface area contributed by atoms with Gasteiger partial charge >= 0.3 is 0 Å². The van der Waals surface area contributed by atoms with Crippen molar-refractivity contribution >= 4 is 0 Å². The summed E-state index contributed by atoms with van der Waals surface area (Å²) in [6.45, 7) is 9.68. The first-order valence-corrected chi connectivity index (χ1v) is 7.74. The van der Waals surface area contributed by atoms with Gasteiger partial charge in [0, 0.05) is 25.2 Å². The molecule has 1 heterocycles. The molecule has 1 aromatic heterocycles. The molecule has 21 heavy (non-hydrogen) atoms. The van der Waals surface area contributed by atoms with Crippen LogP contribution in [0.3, 0.4) is 0 Å². The maximum absolute atomic E-state index is 5.97. The first kappa shape index (κ1) is 15.8. The minimum atomic E-state index is 0.205. The molecule has 0 aliphatic heterocycles. The molecule has 2 N–H and O–H groups in total. The number of imidazole rings is 1. The van der Waals surface area contributed by atoms with E-state index in [1.165, 1.54) is 11.1 Å². The topological polar surface area (TPSA) is 43.8 Å². The van der Waals surface area contributed by atoms with Gasteiger partial charge in [-0.3, -0.25) is 0 Å². The zero-order valence-corrected chi connectivity index (χ0v) is 13.6. The Morgan fingerprint density at radius 3 is 2.43 bits per heavy atom. The van der Waals surface area contributed by atoms with E-state index in [4.69, 9.17) is 5.73 Å². The van der Waals surface area contributed by atoms with E-state index < -0.39 is 0 Å². The summed E-state index contributed by atoms with van der Waals surface area (Å²) in [4.78, 5) is 4.44. The van der Waals surface area contributed by atoms with Gasteiger partial charge in [0.05, 0.1) is 12.0 Å². The smallest absolute Gasteiger partial charge is 0.0952 e. The highest BCUT2D eigenvalue weighted by Gasteiger charge is 2.12. The van der Waals surface area contributed by atoms with E-state index in [0.717, 1.165) is 25.1 Å². The summed E-state index contributed by atoms with van der Waals surface area (Å²) in [5.41, 5.74) is 9.92. The number of rotatable bonds is 5. The van der Waals surface area contributed by atoms with E-state index >= 15 is 0 Å². The molecule has 0 amide bonds. The minimum absolute atomic E-state index is 0.205. The predicted octanol–water partition coefficient (Wildman–Crippen LogP) is 3.51. The molecular formula is C18H27N3. The van der Waals surface area contributed by atoms with Crippen LogP contribution in [0.15, 0.2) is 36.8 Å². The maximum Gasteiger partial charge on any atom is 0.0952 e. The number of aromatic nitrogens is 2. The van der Waals surface area contributed by atoms with Crippen LogP contribution in [0.25, 0.3) is 0 Å². The van der Waals surface area contributed by atoms with Crippen LogP contribution < -0.4 is 5.73 Å². The summed E-state index contributed by atoms with van der Waals surface area (Å²) >= 11 is 0. The van der Waals surface area contributed by atoms with E-state index in [2.05, 4.69) is 67.7 Å². The van der Waals surface area contributed by atoms with Crippen LogP contribution in [0.4, 0.5) is 0 Å². The van der Waals surface area contributed by atoms with Crippen LogP contribution in [0.5, 0.6) is 0 Å². The molecule has 0 saturated carbocycles. The van der Waals surface area contributed by atoms with Gasteiger partial charge in [-0.15, -0.1) is 0 Å². The lowest BCUT2D eigenvalue weighted by Crippen LogP contribution is -2.21. The van der Waals surface area contributed by atoms with Crippen LogP contribution >= 0.6 is 0 Å². The van der Waals surface area contributed by atoms with Crippen molar-refractivity contribution in [1.29, 1.82) is 0 Å². The van der Waals surface area contributed by atoms with Crippen molar-refractivity contribution in [2.24, 2.45) is 5.73 Å². The Bertz CT molecular complexity index is 561. The Kier molecular flexibility index (Phi) is 4.84. The van der Waals surface area contributed by atoms with Crippen molar-refractivity contribution in [2.45, 2.75) is 58.5 Å². The van der Waals surface area contributed by atoms with Crippen LogP contribution in [-0.4, -0.2) is 15.6 Å². The second kappa shape index (κ2) is 6.44. The number of hydrogen-bond acceptors (Lipinski definition) is 2. The highest BCUT2D eigenvalue weighted by atomic mass is 15.0. The molecule has 0 fully saturated rings. The molecule has 0 radical (unpaired) electrons. The fraction of sp³-hybridized carbons (Fsp3) is 0.500. The van der Waals surface area contributed by atoms with Gasteiger partial charge in [0.15, 0.2) is 0 Å². The summed E-state index contributed by atoms with van der Waals surface area (Å²) in [6, 6.07) is 9.07. The standard InChI is InChI=1S/C18H27N3/c1-5-16(19)10-17-12-21(13-20-17)11-14-6-8-15(9-7-14)18(2,3)4/h6-9,12-13,16H,5,10-11,19H2,1-4H3. The van der Waals surface area contributed by atoms with Crippen molar-refractivity contribution < 1.29 is 0 Å². The van der Waals surface area contributed by atoms with Crippen LogP contribution in [0, 0.1) is 0 Å². The lowest BCUT2D eigenvalue weighted by molar-refractivity contribution is 0.589. The molecule has 1 unspecified atom stereocenters. The molecule has 2 rings (SSSR count). The molecule has 3 heteroatoms. The van der Waals surface area contributed by atoms with E-state index in [0.29, 0.717) is 0 Å². The molecule has 114 valence electrons. The summed E-state index contributed by atoms with van der Waals surface area (Å²) in [7, 11) is 0. The van der Waals surface area contributed by atoms with E-state index in [1.807, 2.05) is 6.33 Å². The Hall–Kier alpha value is -1.61.